The predicted molar refractivity (Wildman–Crippen MR) is 522 cm³/mol. The van der Waals surface area contributed by atoms with E-state index in [0.29, 0.717) is 91.5 Å². The summed E-state index contributed by atoms with van der Waals surface area (Å²) in [6, 6.07) is 51.2. The van der Waals surface area contributed by atoms with E-state index in [1.165, 1.54) is 90.0 Å². The SMILES string of the molecule is CC(=O)c1cccc(NC(=O)NCCCN2CCC(Cc3ccc(F)cc3)CC2)c1.CCOC(=O)c1ccc2nc(SCC(=O)NC3CCN(Cc4ccc(Cl)c(Cl)c4)CC3)sc2c1.Cc1cc(NC(=O)NCCCN2CCC[C@@H](Cc3ccc(F)cc3)C2)cc(-c2nnnn2C)c1.O=C(CSc1nc2ccccc2s1)NC1CCN(Cc2ccc(Cl)c(Cl)c2)CC1.[HH].[HH].[HH].[HH].[HH].[HH]. The molecule has 6 N–H and O–H groups in total. The smallest absolute Gasteiger partial charge is 0.338 e. The number of esters is 1. The molecule has 0 radical (unpaired) electrons. The number of thioether (sulfide) groups is 2. The first-order chi connectivity index (χ1) is 61.4. The second-order valence-corrected chi connectivity index (χ2v) is 38.4. The number of carbonyl (C=O) groups excluding carboxylic acids is 6. The highest BCUT2D eigenvalue weighted by molar-refractivity contribution is 8.02. The van der Waals surface area contributed by atoms with Crippen LogP contribution in [0.25, 0.3) is 31.8 Å². The van der Waals surface area contributed by atoms with Gasteiger partial charge in [0.15, 0.2) is 20.3 Å². The number of hydrogen-bond donors (Lipinski definition) is 6. The maximum atomic E-state index is 13.1. The van der Waals surface area contributed by atoms with Gasteiger partial charge in [-0.25, -0.2) is 37.8 Å². The summed E-state index contributed by atoms with van der Waals surface area (Å²) in [6.45, 7) is 18.4. The van der Waals surface area contributed by atoms with E-state index in [2.05, 4.69) is 83.1 Å². The number of urea groups is 2. The van der Waals surface area contributed by atoms with Crippen molar-refractivity contribution in [3.8, 4) is 11.4 Å². The van der Waals surface area contributed by atoms with Gasteiger partial charge in [0, 0.05) is 109 Å². The Balaban J connectivity index is 0.000000269. The Hall–Kier alpha value is -9.21. The van der Waals surface area contributed by atoms with Gasteiger partial charge in [0.2, 0.25) is 11.8 Å². The zero-order valence-electron chi connectivity index (χ0n) is 71.7. The lowest BCUT2D eigenvalue weighted by atomic mass is 9.90. The number of carbonyl (C=O) groups is 6. The highest BCUT2D eigenvalue weighted by Gasteiger charge is 2.26. The number of nitrogens with zero attached hydrogens (tertiary/aromatic N) is 10. The molecular formula is C94H120Cl4F2N16O7S4. The minimum Gasteiger partial charge on any atom is -0.462 e. The number of benzene rings is 8. The van der Waals surface area contributed by atoms with E-state index in [-0.39, 0.29) is 67.9 Å². The minimum atomic E-state index is -0.339. The second kappa shape index (κ2) is 49.5. The molecule has 684 valence electrons. The van der Waals surface area contributed by atoms with E-state index < -0.39 is 0 Å². The minimum absolute atomic E-state index is 0. The lowest BCUT2D eigenvalue weighted by Gasteiger charge is -2.32. The number of ether oxygens (including phenoxy) is 1. The number of rotatable bonds is 30. The number of hydrogen-bond acceptors (Lipinski definition) is 20. The van der Waals surface area contributed by atoms with Crippen molar-refractivity contribution in [2.45, 2.75) is 132 Å². The summed E-state index contributed by atoms with van der Waals surface area (Å²) in [7, 11) is 1.78. The van der Waals surface area contributed by atoms with Crippen LogP contribution in [0.4, 0.5) is 29.7 Å². The second-order valence-electron chi connectivity index (χ2n) is 32.2. The maximum absolute atomic E-state index is 13.1. The summed E-state index contributed by atoms with van der Waals surface area (Å²) >= 11 is 30.2. The van der Waals surface area contributed by atoms with Crippen LogP contribution in [0.2, 0.25) is 20.1 Å². The molecule has 33 heteroatoms. The molecule has 4 fully saturated rings. The van der Waals surface area contributed by atoms with Gasteiger partial charge in [-0.1, -0.05) is 131 Å². The van der Waals surface area contributed by atoms with Gasteiger partial charge in [-0.05, 0) is 290 Å². The third-order valence-corrected chi connectivity index (χ3v) is 28.1. The number of anilines is 2. The third-order valence-electron chi connectivity index (χ3n) is 22.3. The summed E-state index contributed by atoms with van der Waals surface area (Å²) < 4.78 is 36.6. The molecular weight excluding hydrogens is 1770 g/mol. The molecule has 6 amide bonds. The Morgan fingerprint density at radius 1 is 0.528 bits per heavy atom. The van der Waals surface area contributed by atoms with Crippen LogP contribution in [0.5, 0.6) is 0 Å². The Morgan fingerprint density at radius 2 is 1.06 bits per heavy atom. The summed E-state index contributed by atoms with van der Waals surface area (Å²) in [5, 5.41) is 31.7. The zero-order chi connectivity index (χ0) is 89.6. The maximum Gasteiger partial charge on any atom is 0.338 e. The highest BCUT2D eigenvalue weighted by atomic mass is 35.5. The van der Waals surface area contributed by atoms with E-state index in [4.69, 9.17) is 51.1 Å². The van der Waals surface area contributed by atoms with Gasteiger partial charge in [0.25, 0.3) is 0 Å². The molecule has 7 heterocycles. The Morgan fingerprint density at radius 3 is 1.61 bits per heavy atom. The van der Waals surface area contributed by atoms with Crippen LogP contribution >= 0.6 is 92.6 Å². The van der Waals surface area contributed by atoms with Crippen molar-refractivity contribution in [2.75, 3.05) is 107 Å². The fourth-order valence-electron chi connectivity index (χ4n) is 15.8. The molecule has 1 atom stereocenters. The van der Waals surface area contributed by atoms with Crippen LogP contribution in [0.3, 0.4) is 0 Å². The van der Waals surface area contributed by atoms with Gasteiger partial charge in [-0.2, -0.15) is 0 Å². The number of likely N-dealkylation sites (tertiary alicyclic amines) is 4. The van der Waals surface area contributed by atoms with E-state index in [1.54, 1.807) is 66.4 Å². The van der Waals surface area contributed by atoms with Crippen LogP contribution in [0, 0.1) is 30.4 Å². The summed E-state index contributed by atoms with van der Waals surface area (Å²) in [5.41, 5.74) is 10.8. The van der Waals surface area contributed by atoms with Gasteiger partial charge in [0.05, 0.1) is 64.2 Å². The number of aryl methyl sites for hydroxylation is 2. The molecule has 4 aliphatic rings. The monoisotopic (exact) mass is 1890 g/mol. The van der Waals surface area contributed by atoms with Gasteiger partial charge in [0.1, 0.15) is 11.6 Å². The molecule has 0 spiro atoms. The van der Waals surface area contributed by atoms with Crippen molar-refractivity contribution in [2.24, 2.45) is 18.9 Å². The van der Waals surface area contributed by atoms with E-state index in [9.17, 15) is 37.5 Å². The number of para-hydroxylation sites is 1. The third kappa shape index (κ3) is 31.9. The number of piperidine rings is 4. The van der Waals surface area contributed by atoms with Gasteiger partial charge >= 0.3 is 18.0 Å². The van der Waals surface area contributed by atoms with Crippen molar-refractivity contribution in [1.29, 1.82) is 0 Å². The standard InChI is InChI=1S/C25H32FN7O.C24H25Cl2N3O3S2.C24H30FN3O2.C21H21Cl2N3OS2.6H2/c1-18-13-21(24-29-30-31-32(24)2)16-23(14-18)28-25(34)27-10-4-12-33-11-3-5-20(17-33)15-19-6-8-22(26)9-7-19;1-2-32-23(31)16-4-6-20-21(12-16)34-24(28-20)33-14-22(30)27-17-7-9-29(10-8-17)13-15-3-5-18(25)19(26)11-15;1-18(29)21-4-2-5-23(17-21)27-24(30)26-12-3-13-28-14-10-20(11-15-28)16-19-6-8-22(25)9-7-19;22-16-6-5-14(11-17(16)23)12-26-9-7-15(8-10-26)24-20(27)13-28-21-25-18-3-1-2-4-19(18)29-21;;;;;;/h6-9,13-14,16,20H,3-5,10-12,15,17H2,1-2H3,(H2,27,28,34);3-6,11-12,17H,2,7-10,13-14H2,1H3,(H,27,30);2,4-9,17,20H,3,10-16H2,1H3,(H2,26,27,30);1-6,11,15H,7-10,12-13H2,(H,24,27);6*1H/t20-;;;;;;;;;/m0........./s1. The Bertz CT molecular complexity index is 5460. The highest BCUT2D eigenvalue weighted by Crippen LogP contribution is 2.34. The average molecular weight is 1890 g/mol. The Labute approximate surface area is 786 Å². The summed E-state index contributed by atoms with van der Waals surface area (Å²) in [5.74, 6) is 1.98. The number of thiazole rings is 2. The lowest BCUT2D eigenvalue weighted by molar-refractivity contribution is -0.120. The molecule has 0 unspecified atom stereocenters. The van der Waals surface area contributed by atoms with Crippen LogP contribution in [0.15, 0.2) is 179 Å². The first-order valence-electron chi connectivity index (χ1n) is 43.0. The van der Waals surface area contributed by atoms with Gasteiger partial charge in [-0.15, -0.1) is 27.8 Å². The number of Topliss-reactive ketones (excluding diaryl/α,β-unsaturated/α-hetero) is 1. The predicted octanol–water partition coefficient (Wildman–Crippen LogP) is 20.9. The first kappa shape index (κ1) is 96.9. The Kier molecular flexibility index (Phi) is 37.8. The molecule has 0 aliphatic carbocycles. The number of amides is 6. The molecule has 0 bridgehead atoms. The summed E-state index contributed by atoms with van der Waals surface area (Å²) in [4.78, 5) is 91.4. The van der Waals surface area contributed by atoms with Crippen molar-refractivity contribution in [3.63, 3.8) is 0 Å². The zero-order valence-corrected chi connectivity index (χ0v) is 78.0. The average Bonchev–Trinajstić information content (AvgIpc) is 1.68. The largest absolute Gasteiger partial charge is 0.462 e. The van der Waals surface area contributed by atoms with E-state index >= 15 is 0 Å². The molecule has 8 aromatic carbocycles. The number of ketones is 1. The van der Waals surface area contributed by atoms with Crippen LogP contribution < -0.4 is 31.9 Å². The van der Waals surface area contributed by atoms with Crippen LogP contribution in [-0.2, 0) is 47.3 Å². The van der Waals surface area contributed by atoms with Crippen molar-refractivity contribution >= 4 is 160 Å². The number of fused-ring (bicyclic) bond motifs is 2. The number of tetrazole rings is 1. The molecule has 4 aliphatic heterocycles. The number of halogens is 6. The molecule has 0 saturated carbocycles. The van der Waals surface area contributed by atoms with Crippen molar-refractivity contribution < 1.29 is 50.8 Å². The van der Waals surface area contributed by atoms with Crippen molar-refractivity contribution in [1.82, 2.24) is 71.0 Å². The molecule has 3 aromatic heterocycles. The molecule has 127 heavy (non-hydrogen) atoms. The fraction of sp³-hybridized carbons (Fsp3) is 0.394. The fourth-order valence-corrected chi connectivity index (χ4v) is 20.2. The van der Waals surface area contributed by atoms with Gasteiger partial charge in [-0.3, -0.25) is 24.2 Å². The molecule has 23 nitrogen and oxygen atoms in total. The van der Waals surface area contributed by atoms with Crippen molar-refractivity contribution in [3.05, 3.63) is 241 Å². The molecule has 4 saturated heterocycles. The topological polar surface area (TPSA) is 266 Å². The molecule has 15 rings (SSSR count). The quantitative estimate of drug-likeness (QED) is 0.0106. The number of nitrogens with one attached hydrogen (secondary N) is 6. The lowest BCUT2D eigenvalue weighted by Crippen LogP contribution is -2.44. The van der Waals surface area contributed by atoms with Crippen LogP contribution in [-0.4, -0.2) is 194 Å². The van der Waals surface area contributed by atoms with E-state index in [0.717, 1.165) is 194 Å². The first-order valence-corrected chi connectivity index (χ1v) is 48.1. The molecule has 11 aromatic rings. The number of aromatic nitrogens is 6. The van der Waals surface area contributed by atoms with Gasteiger partial charge < -0.3 is 46.4 Å². The summed E-state index contributed by atoms with van der Waals surface area (Å²) in [6.07, 6.45) is 12.2. The van der Waals surface area contributed by atoms with Crippen LogP contribution in [0.1, 0.15) is 135 Å². The van der Waals surface area contributed by atoms with E-state index in [1.807, 2.05) is 110 Å². The normalized spacial score (nSPS) is 15.5.